The minimum absolute atomic E-state index is 0.284. The molecule has 0 amide bonds. The summed E-state index contributed by atoms with van der Waals surface area (Å²) in [6.45, 7) is 5.12. The number of rotatable bonds is 4. The topological polar surface area (TPSA) is 46.5 Å². The zero-order chi connectivity index (χ0) is 7.98. The number of carbonyl (C=O) groups is 1. The molecule has 1 radical (unpaired) electrons. The van der Waals surface area contributed by atoms with E-state index in [1.54, 1.807) is 0 Å². The molecule has 0 heterocycles. The molecule has 0 aliphatic carbocycles. The van der Waals surface area contributed by atoms with Crippen molar-refractivity contribution in [2.45, 2.75) is 25.9 Å². The monoisotopic (exact) mass is 145 g/mol. The molecule has 1 atom stereocenters. The standard InChI is InChI=1S/C7H13O3/c1-3-7(9)4-5-10-6(2)8/h7,9H,1,3-5H2,2H3. The summed E-state index contributed by atoms with van der Waals surface area (Å²) in [7, 11) is 0. The summed E-state index contributed by atoms with van der Waals surface area (Å²) in [6.07, 6.45) is 0.490. The summed E-state index contributed by atoms with van der Waals surface area (Å²) in [4.78, 5) is 10.2. The average Bonchev–Trinajstić information content (AvgIpc) is 1.87. The van der Waals surface area contributed by atoms with Crippen LogP contribution in [0.4, 0.5) is 0 Å². The SMILES string of the molecule is [CH2]CC(O)CCOC(C)=O. The molecular weight excluding hydrogens is 132 g/mol. The summed E-state index contributed by atoms with van der Waals surface area (Å²) in [5, 5.41) is 8.92. The van der Waals surface area contributed by atoms with Crippen LogP contribution in [0.2, 0.25) is 0 Å². The maximum atomic E-state index is 10.2. The van der Waals surface area contributed by atoms with E-state index in [0.717, 1.165) is 0 Å². The Morgan fingerprint density at radius 1 is 1.80 bits per heavy atom. The molecule has 0 bridgehead atoms. The van der Waals surface area contributed by atoms with Gasteiger partial charge in [0.1, 0.15) is 0 Å². The van der Waals surface area contributed by atoms with E-state index >= 15 is 0 Å². The van der Waals surface area contributed by atoms with Crippen LogP contribution in [-0.4, -0.2) is 23.8 Å². The average molecular weight is 145 g/mol. The van der Waals surface area contributed by atoms with Crippen LogP contribution in [0.25, 0.3) is 0 Å². The smallest absolute Gasteiger partial charge is 0.302 e. The van der Waals surface area contributed by atoms with Crippen molar-refractivity contribution in [3.05, 3.63) is 6.92 Å². The van der Waals surface area contributed by atoms with E-state index in [-0.39, 0.29) is 12.6 Å². The molecular formula is C7H13O3. The number of aliphatic hydroxyl groups is 1. The molecule has 0 rings (SSSR count). The first-order valence-corrected chi connectivity index (χ1v) is 3.27. The van der Waals surface area contributed by atoms with Gasteiger partial charge < -0.3 is 9.84 Å². The molecule has 0 fully saturated rings. The second-order valence-corrected chi connectivity index (χ2v) is 2.07. The fourth-order valence-electron chi connectivity index (χ4n) is 0.483. The highest BCUT2D eigenvalue weighted by Gasteiger charge is 2.00. The largest absolute Gasteiger partial charge is 0.466 e. The van der Waals surface area contributed by atoms with Crippen LogP contribution in [0.3, 0.4) is 0 Å². The Morgan fingerprint density at radius 2 is 2.40 bits per heavy atom. The summed E-state index contributed by atoms with van der Waals surface area (Å²) >= 11 is 0. The van der Waals surface area contributed by atoms with Gasteiger partial charge in [-0.3, -0.25) is 4.79 Å². The molecule has 0 saturated heterocycles. The summed E-state index contributed by atoms with van der Waals surface area (Å²) in [5.41, 5.74) is 0. The Labute approximate surface area is 61.0 Å². The van der Waals surface area contributed by atoms with E-state index in [1.807, 2.05) is 0 Å². The van der Waals surface area contributed by atoms with Crippen molar-refractivity contribution in [2.75, 3.05) is 6.61 Å². The molecule has 0 aromatic rings. The molecule has 0 aromatic carbocycles. The second-order valence-electron chi connectivity index (χ2n) is 2.07. The Kier molecular flexibility index (Phi) is 4.94. The maximum absolute atomic E-state index is 10.2. The van der Waals surface area contributed by atoms with Crippen molar-refractivity contribution in [2.24, 2.45) is 0 Å². The highest BCUT2D eigenvalue weighted by atomic mass is 16.5. The van der Waals surface area contributed by atoms with E-state index < -0.39 is 6.10 Å². The number of esters is 1. The van der Waals surface area contributed by atoms with Gasteiger partial charge in [-0.2, -0.15) is 0 Å². The molecule has 0 aliphatic heterocycles. The van der Waals surface area contributed by atoms with Gasteiger partial charge in [-0.25, -0.2) is 0 Å². The van der Waals surface area contributed by atoms with Gasteiger partial charge >= 0.3 is 5.97 Å². The lowest BCUT2D eigenvalue weighted by molar-refractivity contribution is -0.141. The van der Waals surface area contributed by atoms with E-state index in [0.29, 0.717) is 12.8 Å². The molecule has 59 valence electrons. The lowest BCUT2D eigenvalue weighted by Crippen LogP contribution is -2.10. The second kappa shape index (κ2) is 5.23. The number of ether oxygens (including phenoxy) is 1. The third kappa shape index (κ3) is 5.56. The summed E-state index contributed by atoms with van der Waals surface area (Å²) in [5.74, 6) is -0.309. The first-order valence-electron chi connectivity index (χ1n) is 3.27. The zero-order valence-electron chi connectivity index (χ0n) is 6.17. The fraction of sp³-hybridized carbons (Fsp3) is 0.714. The molecule has 3 heteroatoms. The van der Waals surface area contributed by atoms with Crippen LogP contribution in [0.15, 0.2) is 0 Å². The van der Waals surface area contributed by atoms with Gasteiger partial charge in [0.2, 0.25) is 0 Å². The number of hydrogen-bond donors (Lipinski definition) is 1. The molecule has 0 saturated carbocycles. The van der Waals surface area contributed by atoms with Crippen LogP contribution in [0.1, 0.15) is 19.8 Å². The molecule has 1 N–H and O–H groups in total. The van der Waals surface area contributed by atoms with Crippen molar-refractivity contribution in [1.82, 2.24) is 0 Å². The third-order valence-corrected chi connectivity index (χ3v) is 1.09. The van der Waals surface area contributed by atoms with E-state index in [2.05, 4.69) is 11.7 Å². The molecule has 0 aliphatic rings. The Morgan fingerprint density at radius 3 is 2.80 bits per heavy atom. The van der Waals surface area contributed by atoms with Crippen molar-refractivity contribution in [3.8, 4) is 0 Å². The predicted molar refractivity (Wildman–Crippen MR) is 37.2 cm³/mol. The number of aliphatic hydroxyl groups excluding tert-OH is 1. The van der Waals surface area contributed by atoms with Crippen LogP contribution >= 0.6 is 0 Å². The van der Waals surface area contributed by atoms with Gasteiger partial charge in [-0.05, 0) is 6.42 Å². The Balaban J connectivity index is 3.11. The zero-order valence-corrected chi connectivity index (χ0v) is 6.17. The molecule has 1 unspecified atom stereocenters. The number of carbonyl (C=O) groups excluding carboxylic acids is 1. The van der Waals surface area contributed by atoms with Crippen molar-refractivity contribution in [1.29, 1.82) is 0 Å². The lowest BCUT2D eigenvalue weighted by Gasteiger charge is -2.05. The van der Waals surface area contributed by atoms with E-state index in [9.17, 15) is 4.79 Å². The predicted octanol–water partition coefficient (Wildman–Crippen LogP) is 0.525. The van der Waals surface area contributed by atoms with Crippen LogP contribution in [0, 0.1) is 6.92 Å². The quantitative estimate of drug-likeness (QED) is 0.587. The van der Waals surface area contributed by atoms with Gasteiger partial charge in [0, 0.05) is 13.3 Å². The van der Waals surface area contributed by atoms with E-state index in [1.165, 1.54) is 6.92 Å². The Hall–Kier alpha value is -0.570. The molecule has 3 nitrogen and oxygen atoms in total. The van der Waals surface area contributed by atoms with Crippen molar-refractivity contribution in [3.63, 3.8) is 0 Å². The number of hydrogen-bond acceptors (Lipinski definition) is 3. The molecule has 0 spiro atoms. The van der Waals surface area contributed by atoms with Gasteiger partial charge in [-0.15, -0.1) is 0 Å². The van der Waals surface area contributed by atoms with Gasteiger partial charge in [0.25, 0.3) is 0 Å². The fourth-order valence-corrected chi connectivity index (χ4v) is 0.483. The van der Waals surface area contributed by atoms with Gasteiger partial charge in [0.15, 0.2) is 0 Å². The lowest BCUT2D eigenvalue weighted by atomic mass is 10.2. The van der Waals surface area contributed by atoms with Gasteiger partial charge in [-0.1, -0.05) is 6.92 Å². The van der Waals surface area contributed by atoms with Crippen molar-refractivity contribution >= 4 is 5.97 Å². The maximum Gasteiger partial charge on any atom is 0.302 e. The van der Waals surface area contributed by atoms with E-state index in [4.69, 9.17) is 5.11 Å². The summed E-state index contributed by atoms with van der Waals surface area (Å²) in [6, 6.07) is 0. The molecule has 0 aromatic heterocycles. The minimum Gasteiger partial charge on any atom is -0.466 e. The van der Waals surface area contributed by atoms with Crippen molar-refractivity contribution < 1.29 is 14.6 Å². The first kappa shape index (κ1) is 9.43. The summed E-state index contributed by atoms with van der Waals surface area (Å²) < 4.78 is 4.59. The highest BCUT2D eigenvalue weighted by Crippen LogP contribution is 1.95. The van der Waals surface area contributed by atoms with Crippen LogP contribution in [-0.2, 0) is 9.53 Å². The normalized spacial score (nSPS) is 12.7. The Bertz CT molecular complexity index is 101. The van der Waals surface area contributed by atoms with Gasteiger partial charge in [0.05, 0.1) is 12.7 Å². The van der Waals surface area contributed by atoms with Crippen LogP contribution < -0.4 is 0 Å². The minimum atomic E-state index is -0.445. The third-order valence-electron chi connectivity index (χ3n) is 1.09. The van der Waals surface area contributed by atoms with Crippen LogP contribution in [0.5, 0.6) is 0 Å². The first-order chi connectivity index (χ1) is 4.66. The molecule has 10 heavy (non-hydrogen) atoms. The highest BCUT2D eigenvalue weighted by molar-refractivity contribution is 5.65.